The van der Waals surface area contributed by atoms with Gasteiger partial charge in [0.2, 0.25) is 0 Å². The zero-order chi connectivity index (χ0) is 12.1. The summed E-state index contributed by atoms with van der Waals surface area (Å²) in [5.41, 5.74) is 2.61. The van der Waals surface area contributed by atoms with Gasteiger partial charge in [-0.1, -0.05) is 43.8 Å². The van der Waals surface area contributed by atoms with Gasteiger partial charge < -0.3 is 5.32 Å². The number of rotatable bonds is 3. The smallest absolute Gasteiger partial charge is 0.161 e. The van der Waals surface area contributed by atoms with E-state index in [0.29, 0.717) is 5.92 Å². The molecule has 0 amide bonds. The van der Waals surface area contributed by atoms with Crippen LogP contribution in [0.25, 0.3) is 0 Å². The molecule has 92 valence electrons. The lowest BCUT2D eigenvalue weighted by Crippen LogP contribution is -2.15. The van der Waals surface area contributed by atoms with E-state index in [-0.39, 0.29) is 0 Å². The molecule has 1 aliphatic rings. The number of nitrogens with one attached hydrogen (secondary N) is 1. The molecule has 1 heterocycles. The maximum Gasteiger partial charge on any atom is 0.161 e. The summed E-state index contributed by atoms with van der Waals surface area (Å²) in [6.45, 7) is 5.46. The summed E-state index contributed by atoms with van der Waals surface area (Å²) in [6, 6.07) is 8.56. The molecule has 0 saturated heterocycles. The molecule has 1 aliphatic heterocycles. The van der Waals surface area contributed by atoms with Crippen molar-refractivity contribution in [3.63, 3.8) is 0 Å². The lowest BCUT2D eigenvalue weighted by Gasteiger charge is -2.18. The zero-order valence-corrected chi connectivity index (χ0v) is 11.4. The van der Waals surface area contributed by atoms with Crippen LogP contribution in [0.4, 0.5) is 5.69 Å². The third-order valence-corrected chi connectivity index (χ3v) is 4.14. The molecule has 1 unspecified atom stereocenters. The van der Waals surface area contributed by atoms with E-state index >= 15 is 0 Å². The molecule has 0 aliphatic carbocycles. The molecule has 1 aromatic rings. The molecule has 2 rings (SSSR count). The van der Waals surface area contributed by atoms with E-state index in [1.54, 1.807) is 0 Å². The van der Waals surface area contributed by atoms with Crippen molar-refractivity contribution in [1.29, 1.82) is 0 Å². The van der Waals surface area contributed by atoms with Crippen LogP contribution in [-0.4, -0.2) is 17.5 Å². The second-order valence-corrected chi connectivity index (χ2v) is 5.49. The van der Waals surface area contributed by atoms with E-state index < -0.39 is 0 Å². The van der Waals surface area contributed by atoms with Crippen molar-refractivity contribution >= 4 is 22.6 Å². The van der Waals surface area contributed by atoms with Crippen molar-refractivity contribution in [3.8, 4) is 0 Å². The van der Waals surface area contributed by atoms with E-state index in [2.05, 4.69) is 48.4 Å². The topological polar surface area (TPSA) is 24.4 Å². The number of aliphatic imine (C=N–C) groups is 1. The summed E-state index contributed by atoms with van der Waals surface area (Å²) in [5, 5.41) is 4.55. The molecule has 0 fully saturated rings. The summed E-state index contributed by atoms with van der Waals surface area (Å²) in [4.78, 5) is 4.52. The van der Waals surface area contributed by atoms with Crippen LogP contribution in [0.3, 0.4) is 0 Å². The number of para-hydroxylation sites is 1. The van der Waals surface area contributed by atoms with Crippen molar-refractivity contribution < 1.29 is 0 Å². The minimum Gasteiger partial charge on any atom is -0.335 e. The lowest BCUT2D eigenvalue weighted by atomic mass is 9.97. The number of nitrogens with zero attached hydrogens (tertiary/aromatic N) is 1. The Bertz CT molecular complexity index is 401. The lowest BCUT2D eigenvalue weighted by molar-refractivity contribution is 0.736. The minimum atomic E-state index is 0.591. The van der Waals surface area contributed by atoms with Crippen LogP contribution < -0.4 is 5.32 Å². The van der Waals surface area contributed by atoms with Crippen LogP contribution in [0.2, 0.25) is 0 Å². The zero-order valence-electron chi connectivity index (χ0n) is 10.6. The highest BCUT2D eigenvalue weighted by Gasteiger charge is 2.11. The molecule has 0 saturated carbocycles. The normalized spacial score (nSPS) is 17.4. The minimum absolute atomic E-state index is 0.591. The van der Waals surface area contributed by atoms with Gasteiger partial charge in [0.05, 0.1) is 0 Å². The predicted octanol–water partition coefficient (Wildman–Crippen LogP) is 4.10. The Morgan fingerprint density at radius 3 is 2.94 bits per heavy atom. The van der Waals surface area contributed by atoms with E-state index in [9.17, 15) is 0 Å². The summed E-state index contributed by atoms with van der Waals surface area (Å²) < 4.78 is 0. The monoisotopic (exact) mass is 248 g/mol. The number of hydrogen-bond acceptors (Lipinski definition) is 3. The quantitative estimate of drug-likeness (QED) is 0.870. The van der Waals surface area contributed by atoms with E-state index in [1.807, 2.05) is 11.8 Å². The van der Waals surface area contributed by atoms with Crippen LogP contribution in [0.1, 0.15) is 38.2 Å². The van der Waals surface area contributed by atoms with E-state index in [0.717, 1.165) is 18.1 Å². The fraction of sp³-hybridized carbons (Fsp3) is 0.500. The van der Waals surface area contributed by atoms with Crippen molar-refractivity contribution in [2.75, 3.05) is 17.6 Å². The fourth-order valence-corrected chi connectivity index (χ4v) is 2.74. The number of benzene rings is 1. The molecule has 17 heavy (non-hydrogen) atoms. The highest BCUT2D eigenvalue weighted by molar-refractivity contribution is 8.14. The third kappa shape index (κ3) is 3.25. The van der Waals surface area contributed by atoms with Gasteiger partial charge in [-0.2, -0.15) is 0 Å². The van der Waals surface area contributed by atoms with Gasteiger partial charge in [0, 0.05) is 18.0 Å². The van der Waals surface area contributed by atoms with Gasteiger partial charge in [0.1, 0.15) is 0 Å². The number of hydrogen-bond donors (Lipinski definition) is 1. The Morgan fingerprint density at radius 1 is 1.41 bits per heavy atom. The third-order valence-electron chi connectivity index (χ3n) is 3.14. The number of amidine groups is 1. The average molecular weight is 248 g/mol. The number of anilines is 1. The van der Waals surface area contributed by atoms with E-state index in [1.165, 1.54) is 23.4 Å². The molecular formula is C14H20N2S. The van der Waals surface area contributed by atoms with Gasteiger partial charge in [-0.25, -0.2) is 0 Å². The largest absolute Gasteiger partial charge is 0.335 e. The van der Waals surface area contributed by atoms with Gasteiger partial charge in [-0.05, 0) is 30.4 Å². The highest BCUT2D eigenvalue weighted by Crippen LogP contribution is 2.27. The van der Waals surface area contributed by atoms with Crippen LogP contribution in [0.15, 0.2) is 29.3 Å². The van der Waals surface area contributed by atoms with Gasteiger partial charge in [0.25, 0.3) is 0 Å². The molecule has 1 aromatic carbocycles. The van der Waals surface area contributed by atoms with Gasteiger partial charge in [-0.3, -0.25) is 4.99 Å². The van der Waals surface area contributed by atoms with Crippen LogP contribution >= 0.6 is 11.8 Å². The first-order valence-corrected chi connectivity index (χ1v) is 7.33. The molecule has 1 atom stereocenters. The second-order valence-electron chi connectivity index (χ2n) is 4.41. The predicted molar refractivity (Wildman–Crippen MR) is 78.1 cm³/mol. The second kappa shape index (κ2) is 6.10. The molecule has 0 spiro atoms. The molecule has 0 bridgehead atoms. The van der Waals surface area contributed by atoms with Crippen molar-refractivity contribution in [2.45, 2.75) is 32.6 Å². The molecule has 2 nitrogen and oxygen atoms in total. The van der Waals surface area contributed by atoms with Gasteiger partial charge >= 0.3 is 0 Å². The summed E-state index contributed by atoms with van der Waals surface area (Å²) >= 11 is 1.82. The standard InChI is InChI=1S/C14H20N2S/c1-3-11(2)12-7-4-5-8-13(12)16-14-15-9-6-10-17-14/h4-5,7-8,11H,3,6,9-10H2,1-2H3,(H,15,16). The fourth-order valence-electron chi connectivity index (χ4n) is 1.91. The van der Waals surface area contributed by atoms with Gasteiger partial charge in [0.15, 0.2) is 5.17 Å². The Kier molecular flexibility index (Phi) is 4.49. The Morgan fingerprint density at radius 2 is 2.24 bits per heavy atom. The average Bonchev–Trinajstić information content (AvgIpc) is 2.40. The molecule has 1 N–H and O–H groups in total. The highest BCUT2D eigenvalue weighted by atomic mass is 32.2. The van der Waals surface area contributed by atoms with Crippen LogP contribution in [-0.2, 0) is 0 Å². The summed E-state index contributed by atoms with van der Waals surface area (Å²) in [5.74, 6) is 1.77. The molecule has 0 radical (unpaired) electrons. The first-order chi connectivity index (χ1) is 8.31. The maximum atomic E-state index is 4.52. The Hall–Kier alpha value is -0.960. The summed E-state index contributed by atoms with van der Waals surface area (Å²) in [6.07, 6.45) is 2.36. The van der Waals surface area contributed by atoms with Crippen molar-refractivity contribution in [2.24, 2.45) is 4.99 Å². The first-order valence-electron chi connectivity index (χ1n) is 6.34. The Balaban J connectivity index is 2.17. The van der Waals surface area contributed by atoms with Crippen LogP contribution in [0, 0.1) is 0 Å². The molecular weight excluding hydrogens is 228 g/mol. The first kappa shape index (κ1) is 12.5. The molecule has 3 heteroatoms. The Labute approximate surface area is 108 Å². The number of thioether (sulfide) groups is 1. The van der Waals surface area contributed by atoms with Crippen LogP contribution in [0.5, 0.6) is 0 Å². The molecule has 0 aromatic heterocycles. The van der Waals surface area contributed by atoms with Crippen molar-refractivity contribution in [3.05, 3.63) is 29.8 Å². The SMILES string of the molecule is CCC(C)c1ccccc1NC1=NCCCS1. The van der Waals surface area contributed by atoms with Crippen molar-refractivity contribution in [1.82, 2.24) is 0 Å². The van der Waals surface area contributed by atoms with E-state index in [4.69, 9.17) is 0 Å². The maximum absolute atomic E-state index is 4.52. The summed E-state index contributed by atoms with van der Waals surface area (Å²) in [7, 11) is 0. The van der Waals surface area contributed by atoms with Gasteiger partial charge in [-0.15, -0.1) is 0 Å².